The van der Waals surface area contributed by atoms with Crippen LogP contribution in [0.15, 0.2) is 18.2 Å². The van der Waals surface area contributed by atoms with Gasteiger partial charge in [-0.1, -0.05) is 6.07 Å². The van der Waals surface area contributed by atoms with Gasteiger partial charge in [-0.2, -0.15) is 11.8 Å². The van der Waals surface area contributed by atoms with E-state index in [0.717, 1.165) is 18.6 Å². The lowest BCUT2D eigenvalue weighted by atomic mass is 9.87. The maximum atomic E-state index is 9.50. The highest BCUT2D eigenvalue weighted by atomic mass is 32.2. The van der Waals surface area contributed by atoms with Gasteiger partial charge in [0.2, 0.25) is 0 Å². The SMILES string of the molecule is CNC1c2ccc(OC)cc2CCC1SCC(O)CO. The van der Waals surface area contributed by atoms with Crippen molar-refractivity contribution in [1.29, 1.82) is 0 Å². The number of benzene rings is 1. The van der Waals surface area contributed by atoms with Gasteiger partial charge >= 0.3 is 0 Å². The fraction of sp³-hybridized carbons (Fsp3) is 0.600. The van der Waals surface area contributed by atoms with E-state index in [1.807, 2.05) is 13.1 Å². The molecular formula is C15H23NO3S. The first-order valence-corrected chi connectivity index (χ1v) is 7.99. The molecule has 5 heteroatoms. The second-order valence-electron chi connectivity index (χ2n) is 5.08. The third kappa shape index (κ3) is 3.47. The fourth-order valence-electron chi connectivity index (χ4n) is 2.70. The first-order chi connectivity index (χ1) is 9.69. The lowest BCUT2D eigenvalue weighted by Gasteiger charge is -2.33. The number of aliphatic hydroxyl groups excluding tert-OH is 2. The highest BCUT2D eigenvalue weighted by Crippen LogP contribution is 2.38. The van der Waals surface area contributed by atoms with Crippen molar-refractivity contribution >= 4 is 11.8 Å². The summed E-state index contributed by atoms with van der Waals surface area (Å²) in [4.78, 5) is 0. The molecule has 3 unspecified atom stereocenters. The number of aliphatic hydroxyl groups is 2. The smallest absolute Gasteiger partial charge is 0.119 e. The lowest BCUT2D eigenvalue weighted by Crippen LogP contribution is -2.33. The van der Waals surface area contributed by atoms with E-state index in [-0.39, 0.29) is 12.6 Å². The zero-order valence-corrected chi connectivity index (χ0v) is 12.8. The van der Waals surface area contributed by atoms with E-state index in [2.05, 4.69) is 17.4 Å². The summed E-state index contributed by atoms with van der Waals surface area (Å²) in [6.45, 7) is -0.169. The van der Waals surface area contributed by atoms with Crippen LogP contribution < -0.4 is 10.1 Å². The van der Waals surface area contributed by atoms with Crippen LogP contribution in [0.2, 0.25) is 0 Å². The molecule has 0 heterocycles. The number of thioether (sulfide) groups is 1. The van der Waals surface area contributed by atoms with Crippen molar-refractivity contribution in [2.45, 2.75) is 30.2 Å². The number of rotatable bonds is 6. The average molecular weight is 297 g/mol. The molecule has 0 saturated heterocycles. The average Bonchev–Trinajstić information content (AvgIpc) is 2.51. The predicted octanol–water partition coefficient (Wildman–Crippen LogP) is 1.36. The van der Waals surface area contributed by atoms with Crippen LogP contribution in [0.25, 0.3) is 0 Å². The second kappa shape index (κ2) is 7.31. The number of aryl methyl sites for hydroxylation is 1. The molecule has 0 radical (unpaired) electrons. The van der Waals surface area contributed by atoms with Crippen molar-refractivity contribution < 1.29 is 14.9 Å². The largest absolute Gasteiger partial charge is 0.497 e. The fourth-order valence-corrected chi connectivity index (χ4v) is 4.04. The molecule has 0 aliphatic heterocycles. The molecule has 4 nitrogen and oxygen atoms in total. The van der Waals surface area contributed by atoms with E-state index in [1.165, 1.54) is 11.1 Å². The minimum absolute atomic E-state index is 0.169. The summed E-state index contributed by atoms with van der Waals surface area (Å²) < 4.78 is 5.28. The number of fused-ring (bicyclic) bond motifs is 1. The Morgan fingerprint density at radius 2 is 2.30 bits per heavy atom. The Hall–Kier alpha value is -0.750. The Morgan fingerprint density at radius 3 is 2.95 bits per heavy atom. The number of hydrogen-bond acceptors (Lipinski definition) is 5. The third-order valence-corrected chi connectivity index (χ3v) is 5.29. The first kappa shape index (κ1) is 15.6. The molecule has 20 heavy (non-hydrogen) atoms. The van der Waals surface area contributed by atoms with Gasteiger partial charge in [-0.15, -0.1) is 0 Å². The molecule has 0 aromatic heterocycles. The van der Waals surface area contributed by atoms with E-state index in [1.54, 1.807) is 18.9 Å². The van der Waals surface area contributed by atoms with E-state index in [9.17, 15) is 5.11 Å². The zero-order chi connectivity index (χ0) is 14.5. The van der Waals surface area contributed by atoms with Crippen LogP contribution in [0, 0.1) is 0 Å². The number of nitrogens with one attached hydrogen (secondary N) is 1. The van der Waals surface area contributed by atoms with Crippen molar-refractivity contribution in [3.8, 4) is 5.75 Å². The van der Waals surface area contributed by atoms with E-state index in [0.29, 0.717) is 11.0 Å². The number of hydrogen-bond donors (Lipinski definition) is 3. The molecule has 0 bridgehead atoms. The zero-order valence-electron chi connectivity index (χ0n) is 12.0. The minimum Gasteiger partial charge on any atom is -0.497 e. The molecule has 0 amide bonds. The quantitative estimate of drug-likeness (QED) is 0.740. The monoisotopic (exact) mass is 297 g/mol. The maximum absolute atomic E-state index is 9.50. The molecule has 1 aromatic carbocycles. The van der Waals surface area contributed by atoms with Crippen LogP contribution in [0.3, 0.4) is 0 Å². The van der Waals surface area contributed by atoms with Gasteiger partial charge in [0, 0.05) is 17.0 Å². The Balaban J connectivity index is 2.11. The number of methoxy groups -OCH3 is 1. The van der Waals surface area contributed by atoms with Crippen molar-refractivity contribution in [2.24, 2.45) is 0 Å². The van der Waals surface area contributed by atoms with Crippen molar-refractivity contribution in [2.75, 3.05) is 26.5 Å². The summed E-state index contributed by atoms with van der Waals surface area (Å²) in [5, 5.41) is 22.2. The Morgan fingerprint density at radius 1 is 1.50 bits per heavy atom. The van der Waals surface area contributed by atoms with Crippen molar-refractivity contribution in [3.63, 3.8) is 0 Å². The standard InChI is InChI=1S/C15H23NO3S/c1-16-15-13-5-4-12(19-2)7-10(13)3-6-14(15)20-9-11(18)8-17/h4-5,7,11,14-18H,3,6,8-9H2,1-2H3. The summed E-state index contributed by atoms with van der Waals surface area (Å²) >= 11 is 1.73. The van der Waals surface area contributed by atoms with Gasteiger partial charge in [0.15, 0.2) is 0 Å². The molecule has 1 aliphatic rings. The van der Waals surface area contributed by atoms with Crippen LogP contribution in [-0.2, 0) is 6.42 Å². The molecule has 1 aliphatic carbocycles. The van der Waals surface area contributed by atoms with Crippen molar-refractivity contribution in [3.05, 3.63) is 29.3 Å². The molecule has 0 fully saturated rings. The molecule has 2 rings (SSSR count). The minimum atomic E-state index is -0.630. The van der Waals surface area contributed by atoms with Crippen LogP contribution in [0.1, 0.15) is 23.6 Å². The first-order valence-electron chi connectivity index (χ1n) is 6.94. The van der Waals surface area contributed by atoms with Gasteiger partial charge in [-0.25, -0.2) is 0 Å². The van der Waals surface area contributed by atoms with Crippen LogP contribution in [0.5, 0.6) is 5.75 Å². The highest BCUT2D eigenvalue weighted by Gasteiger charge is 2.29. The third-order valence-electron chi connectivity index (χ3n) is 3.78. The van der Waals surface area contributed by atoms with E-state index < -0.39 is 6.10 Å². The Labute approximate surface area is 124 Å². The predicted molar refractivity (Wildman–Crippen MR) is 82.5 cm³/mol. The van der Waals surface area contributed by atoms with Gasteiger partial charge in [-0.3, -0.25) is 0 Å². The number of ether oxygens (including phenoxy) is 1. The lowest BCUT2D eigenvalue weighted by molar-refractivity contribution is 0.113. The van der Waals surface area contributed by atoms with Gasteiger partial charge in [0.1, 0.15) is 5.75 Å². The van der Waals surface area contributed by atoms with Crippen molar-refractivity contribution in [1.82, 2.24) is 5.32 Å². The van der Waals surface area contributed by atoms with Crippen LogP contribution >= 0.6 is 11.8 Å². The maximum Gasteiger partial charge on any atom is 0.119 e. The van der Waals surface area contributed by atoms with E-state index >= 15 is 0 Å². The molecule has 112 valence electrons. The summed E-state index contributed by atoms with van der Waals surface area (Å²) in [5.74, 6) is 1.48. The second-order valence-corrected chi connectivity index (χ2v) is 6.35. The van der Waals surface area contributed by atoms with Gasteiger partial charge in [0.25, 0.3) is 0 Å². The summed E-state index contributed by atoms with van der Waals surface area (Å²) in [7, 11) is 3.66. The topological polar surface area (TPSA) is 61.7 Å². The highest BCUT2D eigenvalue weighted by molar-refractivity contribution is 8.00. The molecule has 1 aromatic rings. The molecule has 3 atom stereocenters. The van der Waals surface area contributed by atoms with E-state index in [4.69, 9.17) is 9.84 Å². The normalized spacial score (nSPS) is 23.2. The Bertz CT molecular complexity index is 441. The Kier molecular flexibility index (Phi) is 5.72. The summed E-state index contributed by atoms with van der Waals surface area (Å²) in [6.07, 6.45) is 1.46. The van der Waals surface area contributed by atoms with Gasteiger partial charge in [-0.05, 0) is 43.1 Å². The summed E-state index contributed by atoms with van der Waals surface area (Å²) in [6, 6.07) is 6.52. The van der Waals surface area contributed by atoms with Crippen LogP contribution in [-0.4, -0.2) is 48.1 Å². The molecule has 0 spiro atoms. The summed E-state index contributed by atoms with van der Waals surface area (Å²) in [5.41, 5.74) is 2.65. The molecule has 0 saturated carbocycles. The van der Waals surface area contributed by atoms with Crippen LogP contribution in [0.4, 0.5) is 0 Å². The molecule has 3 N–H and O–H groups in total. The van der Waals surface area contributed by atoms with Gasteiger partial charge < -0.3 is 20.3 Å². The molecular weight excluding hydrogens is 274 g/mol. The van der Waals surface area contributed by atoms with Gasteiger partial charge in [0.05, 0.1) is 19.8 Å².